The van der Waals surface area contributed by atoms with Gasteiger partial charge in [0.15, 0.2) is 11.2 Å². The van der Waals surface area contributed by atoms with Crippen LogP contribution in [0, 0.1) is 0 Å². The lowest BCUT2D eigenvalue weighted by Gasteiger charge is -1.88. The highest BCUT2D eigenvalue weighted by atomic mass is 32.2. The number of rotatable bonds is 1. The van der Waals surface area contributed by atoms with Gasteiger partial charge < -0.3 is 4.98 Å². The highest BCUT2D eigenvalue weighted by molar-refractivity contribution is 7.61. The number of hydrogen-bond acceptors (Lipinski definition) is 6. The van der Waals surface area contributed by atoms with Gasteiger partial charge in [-0.1, -0.05) is 4.36 Å². The van der Waals surface area contributed by atoms with E-state index < -0.39 is 16.1 Å². The molecular weight excluding hydrogens is 210 g/mol. The number of nitrogens with one attached hydrogen (secondary N) is 2. The second-order valence-corrected chi connectivity index (χ2v) is 2.92. The standard InChI is InChI=1S/C5H3N5O3S/c11-4-2-3(7-1-6-2)8-5(9-4)10-14(12)13/h1H,(H2,6,7,8,9,11). The van der Waals surface area contributed by atoms with Gasteiger partial charge in [-0.15, -0.1) is 0 Å². The summed E-state index contributed by atoms with van der Waals surface area (Å²) in [4.78, 5) is 23.3. The van der Waals surface area contributed by atoms with Crippen LogP contribution in [-0.2, 0) is 10.5 Å². The van der Waals surface area contributed by atoms with E-state index in [4.69, 9.17) is 0 Å². The molecule has 0 radical (unpaired) electrons. The third kappa shape index (κ3) is 1.40. The van der Waals surface area contributed by atoms with Crippen molar-refractivity contribution in [3.05, 3.63) is 16.7 Å². The zero-order valence-corrected chi connectivity index (χ0v) is 7.37. The molecule has 0 unspecified atom stereocenters. The molecule has 0 fully saturated rings. The molecule has 0 saturated heterocycles. The van der Waals surface area contributed by atoms with Crippen molar-refractivity contribution in [3.8, 4) is 0 Å². The van der Waals surface area contributed by atoms with Crippen LogP contribution in [0.25, 0.3) is 11.2 Å². The summed E-state index contributed by atoms with van der Waals surface area (Å²) in [5.74, 6) is -0.289. The van der Waals surface area contributed by atoms with Crippen LogP contribution >= 0.6 is 0 Å². The van der Waals surface area contributed by atoms with Crippen molar-refractivity contribution in [1.29, 1.82) is 0 Å². The van der Waals surface area contributed by atoms with Crippen LogP contribution in [0.15, 0.2) is 15.5 Å². The van der Waals surface area contributed by atoms with Gasteiger partial charge in [0.05, 0.1) is 6.33 Å². The molecule has 0 atom stereocenters. The van der Waals surface area contributed by atoms with E-state index in [1.54, 1.807) is 0 Å². The molecule has 0 aliphatic rings. The molecule has 2 heterocycles. The largest absolute Gasteiger partial charge is 0.339 e. The third-order valence-corrected chi connectivity index (χ3v) is 1.77. The molecule has 0 spiro atoms. The third-order valence-electron chi connectivity index (χ3n) is 1.44. The van der Waals surface area contributed by atoms with E-state index in [0.29, 0.717) is 0 Å². The van der Waals surface area contributed by atoms with Crippen LogP contribution in [0.3, 0.4) is 0 Å². The Bertz CT molecular complexity index is 658. The Kier molecular flexibility index (Phi) is 1.85. The van der Waals surface area contributed by atoms with Crippen LogP contribution in [0.2, 0.25) is 0 Å². The van der Waals surface area contributed by atoms with Crippen molar-refractivity contribution in [3.63, 3.8) is 0 Å². The molecule has 0 aromatic carbocycles. The fourth-order valence-electron chi connectivity index (χ4n) is 0.945. The summed E-state index contributed by atoms with van der Waals surface area (Å²) < 4.78 is 23.4. The second kappa shape index (κ2) is 3.03. The summed E-state index contributed by atoms with van der Waals surface area (Å²) in [5, 5.41) is 0. The lowest BCUT2D eigenvalue weighted by molar-refractivity contribution is 0.622. The highest BCUT2D eigenvalue weighted by Gasteiger charge is 2.04. The average Bonchev–Trinajstić information content (AvgIpc) is 2.50. The fourth-order valence-corrected chi connectivity index (χ4v) is 1.17. The molecule has 0 aliphatic heterocycles. The summed E-state index contributed by atoms with van der Waals surface area (Å²) in [7, 11) is -2.65. The monoisotopic (exact) mass is 213 g/mol. The smallest absolute Gasteiger partial charge is 0.319 e. The topological polar surface area (TPSA) is 121 Å². The van der Waals surface area contributed by atoms with E-state index in [9.17, 15) is 13.2 Å². The van der Waals surface area contributed by atoms with Gasteiger partial charge in [-0.05, 0) is 0 Å². The zero-order valence-electron chi connectivity index (χ0n) is 6.55. The van der Waals surface area contributed by atoms with Crippen molar-refractivity contribution in [2.45, 2.75) is 0 Å². The molecule has 8 nitrogen and oxygen atoms in total. The first kappa shape index (κ1) is 8.56. The van der Waals surface area contributed by atoms with Gasteiger partial charge in [-0.25, -0.2) is 4.98 Å². The number of hydrogen-bond donors (Lipinski definition) is 2. The number of fused-ring (bicyclic) bond motifs is 1. The first-order chi connectivity index (χ1) is 6.66. The number of nitrogens with zero attached hydrogens (tertiary/aromatic N) is 3. The molecule has 0 bridgehead atoms. The Balaban J connectivity index is 2.83. The molecule has 2 aromatic rings. The predicted octanol–water partition coefficient (Wildman–Crippen LogP) is -0.660. The van der Waals surface area contributed by atoms with Gasteiger partial charge in [0.25, 0.3) is 5.56 Å². The van der Waals surface area contributed by atoms with Crippen LogP contribution in [0.4, 0.5) is 5.95 Å². The van der Waals surface area contributed by atoms with Crippen LogP contribution in [0.5, 0.6) is 0 Å². The Labute approximate surface area is 77.7 Å². The minimum Gasteiger partial charge on any atom is -0.339 e. The van der Waals surface area contributed by atoms with E-state index in [1.165, 1.54) is 6.33 Å². The molecule has 0 saturated carbocycles. The number of imidazole rings is 1. The van der Waals surface area contributed by atoms with Crippen molar-refractivity contribution < 1.29 is 8.42 Å². The van der Waals surface area contributed by atoms with Gasteiger partial charge in [0.2, 0.25) is 5.95 Å². The number of aromatic amines is 2. The number of aromatic nitrogens is 4. The van der Waals surface area contributed by atoms with E-state index in [-0.39, 0.29) is 17.1 Å². The summed E-state index contributed by atoms with van der Waals surface area (Å²) in [5.41, 5.74) is -0.213. The van der Waals surface area contributed by atoms with Crippen molar-refractivity contribution in [1.82, 2.24) is 19.9 Å². The molecule has 2 aromatic heterocycles. The molecule has 0 amide bonds. The molecule has 14 heavy (non-hydrogen) atoms. The number of H-pyrrole nitrogens is 2. The Morgan fingerprint density at radius 3 is 2.93 bits per heavy atom. The molecule has 72 valence electrons. The maximum absolute atomic E-state index is 11.2. The van der Waals surface area contributed by atoms with Crippen molar-refractivity contribution >= 4 is 27.6 Å². The quantitative estimate of drug-likeness (QED) is 0.651. The summed E-state index contributed by atoms with van der Waals surface area (Å²) in [6, 6.07) is 0. The maximum atomic E-state index is 11.2. The Hall–Kier alpha value is -2.03. The molecule has 9 heteroatoms. The first-order valence-electron chi connectivity index (χ1n) is 3.41. The van der Waals surface area contributed by atoms with Gasteiger partial charge in [0, 0.05) is 0 Å². The van der Waals surface area contributed by atoms with Gasteiger partial charge in [-0.3, -0.25) is 9.78 Å². The minimum atomic E-state index is -2.65. The lowest BCUT2D eigenvalue weighted by atomic mass is 10.5. The summed E-state index contributed by atoms with van der Waals surface area (Å²) in [6.45, 7) is 0. The average molecular weight is 213 g/mol. The zero-order chi connectivity index (χ0) is 10.1. The molecule has 2 N–H and O–H groups in total. The summed E-state index contributed by atoms with van der Waals surface area (Å²) in [6.07, 6.45) is 1.28. The van der Waals surface area contributed by atoms with Crippen LogP contribution in [0.1, 0.15) is 0 Å². The van der Waals surface area contributed by atoms with Crippen LogP contribution in [-0.4, -0.2) is 28.4 Å². The normalized spacial score (nSPS) is 10.3. The van der Waals surface area contributed by atoms with Crippen LogP contribution < -0.4 is 5.56 Å². The van der Waals surface area contributed by atoms with E-state index in [0.717, 1.165) is 0 Å². The maximum Gasteiger partial charge on any atom is 0.319 e. The van der Waals surface area contributed by atoms with Gasteiger partial charge in [-0.2, -0.15) is 13.4 Å². The van der Waals surface area contributed by atoms with E-state index in [1.807, 2.05) is 0 Å². The lowest BCUT2D eigenvalue weighted by Crippen LogP contribution is -2.06. The molecule has 0 aliphatic carbocycles. The minimum absolute atomic E-state index is 0.123. The first-order valence-corrected chi connectivity index (χ1v) is 4.44. The Morgan fingerprint density at radius 1 is 1.43 bits per heavy atom. The fraction of sp³-hybridized carbons (Fsp3) is 0. The Morgan fingerprint density at radius 2 is 2.21 bits per heavy atom. The molecule has 2 rings (SSSR count). The van der Waals surface area contributed by atoms with Crippen molar-refractivity contribution in [2.24, 2.45) is 4.36 Å². The van der Waals surface area contributed by atoms with Crippen molar-refractivity contribution in [2.75, 3.05) is 0 Å². The van der Waals surface area contributed by atoms with E-state index in [2.05, 4.69) is 24.3 Å². The second-order valence-electron chi connectivity index (χ2n) is 2.30. The highest BCUT2D eigenvalue weighted by Crippen LogP contribution is 2.04. The van der Waals surface area contributed by atoms with Gasteiger partial charge >= 0.3 is 10.5 Å². The van der Waals surface area contributed by atoms with E-state index >= 15 is 0 Å². The predicted molar refractivity (Wildman–Crippen MR) is 45.5 cm³/mol. The van der Waals surface area contributed by atoms with Gasteiger partial charge in [0.1, 0.15) is 0 Å². The SMILES string of the molecule is O=c1[nH]c(N=S(=O)=O)nc2nc[nH]c12. The molecular formula is C5H3N5O3S. The summed E-state index contributed by atoms with van der Waals surface area (Å²) >= 11 is 0.